The van der Waals surface area contributed by atoms with Crippen molar-refractivity contribution >= 4 is 17.6 Å². The molecule has 0 radical (unpaired) electrons. The second-order valence-corrected chi connectivity index (χ2v) is 3.93. The smallest absolute Gasteiger partial charge is 0.360 e. The van der Waals surface area contributed by atoms with Crippen LogP contribution in [0.3, 0.4) is 0 Å². The zero-order valence-corrected chi connectivity index (χ0v) is 10.8. The molecule has 0 aromatic carbocycles. The molecule has 1 heterocycles. The van der Waals surface area contributed by atoms with Crippen molar-refractivity contribution in [2.24, 2.45) is 0 Å². The number of carbonyl (C=O) groups excluding carboxylic acids is 1. The van der Waals surface area contributed by atoms with Crippen LogP contribution in [0.5, 0.6) is 0 Å². The number of hydrogen-bond donors (Lipinski definition) is 1. The van der Waals surface area contributed by atoms with Crippen LogP contribution in [0.15, 0.2) is 0 Å². The third-order valence-corrected chi connectivity index (χ3v) is 2.72. The van der Waals surface area contributed by atoms with Crippen molar-refractivity contribution in [3.05, 3.63) is 11.4 Å². The van der Waals surface area contributed by atoms with Gasteiger partial charge in [-0.1, -0.05) is 5.21 Å². The van der Waals surface area contributed by atoms with Crippen molar-refractivity contribution in [2.75, 3.05) is 6.61 Å². The highest BCUT2D eigenvalue weighted by molar-refractivity contribution is 6.17. The van der Waals surface area contributed by atoms with E-state index >= 15 is 0 Å². The molecule has 0 aliphatic rings. The summed E-state index contributed by atoms with van der Waals surface area (Å²) in [5, 5.41) is 17.1. The van der Waals surface area contributed by atoms with Gasteiger partial charge < -0.3 is 9.84 Å². The summed E-state index contributed by atoms with van der Waals surface area (Å²) in [4.78, 5) is 11.6. The highest BCUT2D eigenvalue weighted by Crippen LogP contribution is 2.17. The Morgan fingerprint density at radius 2 is 2.24 bits per heavy atom. The van der Waals surface area contributed by atoms with Gasteiger partial charge >= 0.3 is 5.97 Å². The lowest BCUT2D eigenvalue weighted by molar-refractivity contribution is 0.0518. The van der Waals surface area contributed by atoms with Crippen molar-refractivity contribution in [2.45, 2.75) is 38.8 Å². The van der Waals surface area contributed by atoms with E-state index in [0.29, 0.717) is 5.69 Å². The Hall–Kier alpha value is -1.14. The molecule has 0 spiro atoms. The van der Waals surface area contributed by atoms with E-state index in [1.54, 1.807) is 20.8 Å². The largest absolute Gasteiger partial charge is 0.461 e. The number of rotatable bonds is 5. The summed E-state index contributed by atoms with van der Waals surface area (Å²) in [7, 11) is 0. The van der Waals surface area contributed by atoms with Crippen LogP contribution in [0.1, 0.15) is 43.0 Å². The molecule has 7 heteroatoms. The fraction of sp³-hybridized carbons (Fsp3) is 0.700. The minimum atomic E-state index is -0.617. The van der Waals surface area contributed by atoms with Crippen LogP contribution < -0.4 is 0 Å². The molecule has 2 atom stereocenters. The molecule has 0 aliphatic carbocycles. The molecular formula is C10H16ClN3O3. The van der Waals surface area contributed by atoms with E-state index in [9.17, 15) is 9.90 Å². The van der Waals surface area contributed by atoms with Crippen molar-refractivity contribution in [1.29, 1.82) is 0 Å². The minimum Gasteiger partial charge on any atom is -0.461 e. The molecule has 0 saturated carbocycles. The number of hydrogen-bond acceptors (Lipinski definition) is 5. The second-order valence-electron chi connectivity index (χ2n) is 3.66. The monoisotopic (exact) mass is 261 g/mol. The molecule has 6 nitrogen and oxygen atoms in total. The molecule has 0 bridgehead atoms. The van der Waals surface area contributed by atoms with Crippen molar-refractivity contribution in [3.8, 4) is 0 Å². The second kappa shape index (κ2) is 5.97. The summed E-state index contributed by atoms with van der Waals surface area (Å²) in [6.45, 7) is 5.37. The molecule has 1 rings (SSSR count). The molecule has 1 aromatic heterocycles. The first-order chi connectivity index (χ1) is 8.02. The third-order valence-electron chi connectivity index (χ3n) is 2.47. The standard InChI is InChI=1S/C10H16ClN3O3/c1-4-17-10(16)9-8(5-11)14(13-12-9)6(2)7(3)15/h6-7,15H,4-5H2,1-3H3. The van der Waals surface area contributed by atoms with Crippen molar-refractivity contribution in [1.82, 2.24) is 15.0 Å². The Labute approximate surface area is 105 Å². The zero-order chi connectivity index (χ0) is 13.0. The number of nitrogens with zero attached hydrogens (tertiary/aromatic N) is 3. The van der Waals surface area contributed by atoms with Gasteiger partial charge in [0.25, 0.3) is 0 Å². The van der Waals surface area contributed by atoms with Crippen LogP contribution in [-0.2, 0) is 10.6 Å². The van der Waals surface area contributed by atoms with E-state index in [1.807, 2.05) is 0 Å². The zero-order valence-electron chi connectivity index (χ0n) is 10.1. The molecule has 0 aliphatic heterocycles. The minimum absolute atomic E-state index is 0.0816. The summed E-state index contributed by atoms with van der Waals surface area (Å²) in [5.74, 6) is -0.467. The lowest BCUT2D eigenvalue weighted by atomic mass is 10.2. The molecule has 0 amide bonds. The molecule has 1 aromatic rings. The van der Waals surface area contributed by atoms with Crippen LogP contribution >= 0.6 is 11.6 Å². The topological polar surface area (TPSA) is 77.2 Å². The number of alkyl halides is 1. The van der Waals surface area contributed by atoms with E-state index in [1.165, 1.54) is 4.68 Å². The average molecular weight is 262 g/mol. The van der Waals surface area contributed by atoms with Gasteiger partial charge in [0.2, 0.25) is 0 Å². The molecular weight excluding hydrogens is 246 g/mol. The Bertz CT molecular complexity index is 392. The van der Waals surface area contributed by atoms with Gasteiger partial charge in [-0.15, -0.1) is 16.7 Å². The van der Waals surface area contributed by atoms with E-state index < -0.39 is 12.1 Å². The molecule has 17 heavy (non-hydrogen) atoms. The summed E-state index contributed by atoms with van der Waals surface area (Å²) in [6, 6.07) is -0.306. The van der Waals surface area contributed by atoms with Gasteiger partial charge in [0.05, 0.1) is 30.3 Å². The van der Waals surface area contributed by atoms with Gasteiger partial charge in [0.1, 0.15) is 0 Å². The Morgan fingerprint density at radius 3 is 2.71 bits per heavy atom. The predicted octanol–water partition coefficient (Wildman–Crippen LogP) is 1.14. The van der Waals surface area contributed by atoms with E-state index in [4.69, 9.17) is 16.3 Å². The summed E-state index contributed by atoms with van der Waals surface area (Å²) in [6.07, 6.45) is -0.617. The number of aliphatic hydroxyl groups excluding tert-OH is 1. The van der Waals surface area contributed by atoms with Crippen LogP contribution in [-0.4, -0.2) is 38.8 Å². The van der Waals surface area contributed by atoms with Crippen LogP contribution in [0.4, 0.5) is 0 Å². The first-order valence-electron chi connectivity index (χ1n) is 5.38. The summed E-state index contributed by atoms with van der Waals surface area (Å²) >= 11 is 5.78. The van der Waals surface area contributed by atoms with Gasteiger partial charge in [-0.3, -0.25) is 0 Å². The molecule has 2 unspecified atom stereocenters. The lowest BCUT2D eigenvalue weighted by Crippen LogP contribution is -2.21. The van der Waals surface area contributed by atoms with Gasteiger partial charge in [0.15, 0.2) is 5.69 Å². The average Bonchev–Trinajstić information content (AvgIpc) is 2.71. The number of carbonyl (C=O) groups is 1. The molecule has 1 N–H and O–H groups in total. The van der Waals surface area contributed by atoms with E-state index in [0.717, 1.165) is 0 Å². The van der Waals surface area contributed by atoms with Crippen LogP contribution in [0.25, 0.3) is 0 Å². The highest BCUT2D eigenvalue weighted by Gasteiger charge is 2.24. The molecule has 0 saturated heterocycles. The highest BCUT2D eigenvalue weighted by atomic mass is 35.5. The molecule has 96 valence electrons. The maximum absolute atomic E-state index is 11.6. The number of aliphatic hydroxyl groups is 1. The van der Waals surface area contributed by atoms with Crippen molar-refractivity contribution < 1.29 is 14.6 Å². The van der Waals surface area contributed by atoms with Gasteiger partial charge in [-0.25, -0.2) is 9.48 Å². The predicted molar refractivity (Wildman–Crippen MR) is 61.9 cm³/mol. The third kappa shape index (κ3) is 2.95. The first-order valence-corrected chi connectivity index (χ1v) is 5.91. The Kier molecular flexibility index (Phi) is 4.89. The van der Waals surface area contributed by atoms with Crippen molar-refractivity contribution in [3.63, 3.8) is 0 Å². The first kappa shape index (κ1) is 13.9. The number of aromatic nitrogens is 3. The number of esters is 1. The fourth-order valence-corrected chi connectivity index (χ4v) is 1.58. The van der Waals surface area contributed by atoms with Crippen LogP contribution in [0.2, 0.25) is 0 Å². The van der Waals surface area contributed by atoms with Gasteiger partial charge in [-0.2, -0.15) is 0 Å². The quantitative estimate of drug-likeness (QED) is 0.635. The van der Waals surface area contributed by atoms with Crippen LogP contribution in [0, 0.1) is 0 Å². The number of halogens is 1. The maximum atomic E-state index is 11.6. The SMILES string of the molecule is CCOC(=O)c1nnn(C(C)C(C)O)c1CCl. The summed E-state index contributed by atoms with van der Waals surface area (Å²) < 4.78 is 6.30. The van der Waals surface area contributed by atoms with Gasteiger partial charge in [0, 0.05) is 0 Å². The van der Waals surface area contributed by atoms with E-state index in [-0.39, 0.29) is 24.2 Å². The normalized spacial score (nSPS) is 14.4. The summed E-state index contributed by atoms with van der Waals surface area (Å²) in [5.41, 5.74) is 0.563. The molecule has 0 fully saturated rings. The lowest BCUT2D eigenvalue weighted by Gasteiger charge is -2.16. The fourth-order valence-electron chi connectivity index (χ4n) is 1.33. The van der Waals surface area contributed by atoms with E-state index in [2.05, 4.69) is 10.3 Å². The number of ether oxygens (including phenoxy) is 1. The Morgan fingerprint density at radius 1 is 1.59 bits per heavy atom. The maximum Gasteiger partial charge on any atom is 0.360 e. The van der Waals surface area contributed by atoms with Gasteiger partial charge in [-0.05, 0) is 20.8 Å². The Balaban J connectivity index is 3.07.